The quantitative estimate of drug-likeness (QED) is 0.224. The fourth-order valence-corrected chi connectivity index (χ4v) is 5.24. The smallest absolute Gasteiger partial charge is 0.0992 e. The van der Waals surface area contributed by atoms with Crippen molar-refractivity contribution in [2.75, 3.05) is 0 Å². The van der Waals surface area contributed by atoms with Gasteiger partial charge in [0.05, 0.1) is 38.9 Å². The fraction of sp³-hybridized carbons (Fsp3) is 0. The van der Waals surface area contributed by atoms with Gasteiger partial charge in [0, 0.05) is 37.8 Å². The molecular formula is C25H14ClIN4. The van der Waals surface area contributed by atoms with Crippen LogP contribution in [-0.2, 0) is 0 Å². The topological polar surface area (TPSA) is 60.3 Å². The van der Waals surface area contributed by atoms with Crippen molar-refractivity contribution in [2.45, 2.75) is 0 Å². The van der Waals surface area contributed by atoms with E-state index >= 15 is 0 Å². The predicted molar refractivity (Wildman–Crippen MR) is 135 cm³/mol. The lowest BCUT2D eigenvalue weighted by molar-refractivity contribution is 1.14. The van der Waals surface area contributed by atoms with Crippen molar-refractivity contribution in [3.8, 4) is 23.0 Å². The maximum absolute atomic E-state index is 9.33. The first-order chi connectivity index (χ1) is 15.1. The van der Waals surface area contributed by atoms with Crippen LogP contribution in [0.2, 0.25) is 5.02 Å². The number of nitriles is 1. The first-order valence-electron chi connectivity index (χ1n) is 9.72. The molecule has 0 atom stereocenters. The maximum atomic E-state index is 9.33. The zero-order valence-corrected chi connectivity index (χ0v) is 19.0. The number of halogens is 2. The van der Waals surface area contributed by atoms with Crippen LogP contribution < -0.4 is 0 Å². The molecule has 3 heterocycles. The molecule has 6 aromatic rings. The van der Waals surface area contributed by atoms with Gasteiger partial charge in [-0.05, 0) is 82.8 Å². The summed E-state index contributed by atoms with van der Waals surface area (Å²) in [6.07, 6.45) is 4.00. The molecule has 3 aromatic heterocycles. The molecule has 6 heteroatoms. The highest BCUT2D eigenvalue weighted by atomic mass is 127. The van der Waals surface area contributed by atoms with Gasteiger partial charge < -0.3 is 14.5 Å². The van der Waals surface area contributed by atoms with E-state index in [0.717, 1.165) is 44.3 Å². The summed E-state index contributed by atoms with van der Waals surface area (Å²) in [6, 6.07) is 22.6. The number of nitrogens with zero attached hydrogens (tertiary/aromatic N) is 2. The van der Waals surface area contributed by atoms with Crippen LogP contribution in [0.15, 0.2) is 73.1 Å². The number of H-pyrrole nitrogens is 2. The van der Waals surface area contributed by atoms with Gasteiger partial charge in [-0.1, -0.05) is 17.7 Å². The van der Waals surface area contributed by atoms with Crippen LogP contribution in [0.1, 0.15) is 5.56 Å². The Morgan fingerprint density at radius 3 is 2.71 bits per heavy atom. The highest BCUT2D eigenvalue weighted by Gasteiger charge is 2.14. The van der Waals surface area contributed by atoms with Gasteiger partial charge in [0.25, 0.3) is 0 Å². The molecule has 0 aliphatic rings. The van der Waals surface area contributed by atoms with Gasteiger partial charge >= 0.3 is 0 Å². The summed E-state index contributed by atoms with van der Waals surface area (Å²) in [5.41, 5.74) is 6.82. The number of rotatable bonds is 2. The van der Waals surface area contributed by atoms with Crippen molar-refractivity contribution in [1.82, 2.24) is 14.5 Å². The highest BCUT2D eigenvalue weighted by Crippen LogP contribution is 2.36. The number of benzene rings is 3. The first-order valence-corrected chi connectivity index (χ1v) is 11.2. The van der Waals surface area contributed by atoms with Crippen LogP contribution in [-0.4, -0.2) is 14.5 Å². The molecule has 6 rings (SSSR count). The van der Waals surface area contributed by atoms with Crippen molar-refractivity contribution >= 4 is 66.9 Å². The lowest BCUT2D eigenvalue weighted by Gasteiger charge is -2.08. The monoisotopic (exact) mass is 532 g/mol. The fourth-order valence-electron chi connectivity index (χ4n) is 4.23. The molecule has 0 saturated carbocycles. The molecule has 148 valence electrons. The largest absolute Gasteiger partial charge is 0.360 e. The van der Waals surface area contributed by atoms with E-state index in [1.165, 1.54) is 8.96 Å². The predicted octanol–water partition coefficient (Wildman–Crippen LogP) is 7.39. The van der Waals surface area contributed by atoms with Crippen LogP contribution in [0.5, 0.6) is 0 Å². The number of fused-ring (bicyclic) bond motifs is 3. The van der Waals surface area contributed by atoms with Gasteiger partial charge in [0.15, 0.2) is 0 Å². The summed E-state index contributed by atoms with van der Waals surface area (Å²) in [5, 5.41) is 13.3. The minimum atomic E-state index is 0.641. The van der Waals surface area contributed by atoms with E-state index in [0.29, 0.717) is 10.6 Å². The van der Waals surface area contributed by atoms with Crippen molar-refractivity contribution in [3.63, 3.8) is 0 Å². The van der Waals surface area contributed by atoms with E-state index in [4.69, 9.17) is 11.6 Å². The number of hydrogen-bond acceptors (Lipinski definition) is 1. The second-order valence-corrected chi connectivity index (χ2v) is 9.08. The average Bonchev–Trinajstić information content (AvgIpc) is 3.52. The van der Waals surface area contributed by atoms with E-state index in [1.807, 2.05) is 42.7 Å². The normalized spacial score (nSPS) is 11.5. The van der Waals surface area contributed by atoms with Crippen molar-refractivity contribution in [3.05, 3.63) is 87.2 Å². The van der Waals surface area contributed by atoms with Gasteiger partial charge in [0.2, 0.25) is 0 Å². The number of aromatic nitrogens is 3. The SMILES string of the molecule is N#Cc1ccc2ccn(-c3ccc(Cl)c4[nH]c(-c5cc(I)c6[nH]ccc6c5)cc34)c2c1. The number of aromatic amines is 2. The van der Waals surface area contributed by atoms with Crippen molar-refractivity contribution < 1.29 is 0 Å². The Morgan fingerprint density at radius 1 is 0.935 bits per heavy atom. The second kappa shape index (κ2) is 6.91. The van der Waals surface area contributed by atoms with E-state index in [-0.39, 0.29) is 0 Å². The molecule has 0 amide bonds. The van der Waals surface area contributed by atoms with Gasteiger partial charge in [-0.2, -0.15) is 5.26 Å². The lowest BCUT2D eigenvalue weighted by atomic mass is 10.1. The third-order valence-corrected chi connectivity index (χ3v) is 6.89. The molecule has 0 aliphatic carbocycles. The Labute approximate surface area is 196 Å². The third-order valence-electron chi connectivity index (χ3n) is 5.72. The summed E-state index contributed by atoms with van der Waals surface area (Å²) in [4.78, 5) is 6.82. The standard InChI is InChI=1S/C25H14ClIN4/c26-19-3-4-22(31-8-6-15-2-1-14(13-28)9-23(15)31)18-12-21(30-25(18)19)17-10-16-5-7-29-24(16)20(27)11-17/h1-12,29-30H. The van der Waals surface area contributed by atoms with E-state index in [2.05, 4.69) is 73.5 Å². The summed E-state index contributed by atoms with van der Waals surface area (Å²) >= 11 is 8.94. The van der Waals surface area contributed by atoms with Crippen LogP contribution in [0.25, 0.3) is 49.7 Å². The van der Waals surface area contributed by atoms with Gasteiger partial charge in [0.1, 0.15) is 0 Å². The molecule has 0 spiro atoms. The third kappa shape index (κ3) is 2.87. The Morgan fingerprint density at radius 2 is 1.84 bits per heavy atom. The molecule has 0 saturated heterocycles. The highest BCUT2D eigenvalue weighted by molar-refractivity contribution is 14.1. The molecule has 0 bridgehead atoms. The molecule has 0 fully saturated rings. The van der Waals surface area contributed by atoms with E-state index < -0.39 is 0 Å². The maximum Gasteiger partial charge on any atom is 0.0992 e. The van der Waals surface area contributed by atoms with Gasteiger partial charge in [-0.3, -0.25) is 0 Å². The Bertz CT molecular complexity index is 1680. The summed E-state index contributed by atoms with van der Waals surface area (Å²) in [7, 11) is 0. The molecule has 2 N–H and O–H groups in total. The molecule has 0 unspecified atom stereocenters. The molecule has 0 radical (unpaired) electrons. The summed E-state index contributed by atoms with van der Waals surface area (Å²) < 4.78 is 3.28. The number of hydrogen-bond donors (Lipinski definition) is 2. The zero-order valence-electron chi connectivity index (χ0n) is 16.1. The molecule has 31 heavy (non-hydrogen) atoms. The van der Waals surface area contributed by atoms with Crippen LogP contribution in [0, 0.1) is 14.9 Å². The Hall–Kier alpha value is -3.21. The number of nitrogens with one attached hydrogen (secondary N) is 2. The second-order valence-electron chi connectivity index (χ2n) is 7.51. The minimum Gasteiger partial charge on any atom is -0.360 e. The van der Waals surface area contributed by atoms with Crippen LogP contribution in [0.4, 0.5) is 0 Å². The Kier molecular flexibility index (Phi) is 4.13. The first kappa shape index (κ1) is 18.6. The summed E-state index contributed by atoms with van der Waals surface area (Å²) in [5.74, 6) is 0. The van der Waals surface area contributed by atoms with Crippen molar-refractivity contribution in [2.24, 2.45) is 0 Å². The van der Waals surface area contributed by atoms with Crippen LogP contribution >= 0.6 is 34.2 Å². The molecule has 3 aromatic carbocycles. The van der Waals surface area contributed by atoms with E-state index in [9.17, 15) is 5.26 Å². The average molecular weight is 533 g/mol. The van der Waals surface area contributed by atoms with E-state index in [1.54, 1.807) is 0 Å². The molecule has 0 aliphatic heterocycles. The summed E-state index contributed by atoms with van der Waals surface area (Å²) in [6.45, 7) is 0. The Balaban J connectivity index is 1.60. The molecular weight excluding hydrogens is 519 g/mol. The lowest BCUT2D eigenvalue weighted by Crippen LogP contribution is -1.93. The van der Waals surface area contributed by atoms with Gasteiger partial charge in [-0.15, -0.1) is 0 Å². The zero-order chi connectivity index (χ0) is 21.1. The van der Waals surface area contributed by atoms with Crippen LogP contribution in [0.3, 0.4) is 0 Å². The molecule has 4 nitrogen and oxygen atoms in total. The van der Waals surface area contributed by atoms with Gasteiger partial charge in [-0.25, -0.2) is 0 Å². The minimum absolute atomic E-state index is 0.641. The van der Waals surface area contributed by atoms with Crippen molar-refractivity contribution in [1.29, 1.82) is 5.26 Å².